The molecule has 0 radical (unpaired) electrons. The van der Waals surface area contributed by atoms with Crippen LogP contribution in [0.2, 0.25) is 0 Å². The standard InChI is InChI=1S/C22H22N4O/c1-2-22-23-12-13-25(22)14-19-15-26(17-24-19)20-8-10-21(11-9-20)27-16-18-6-4-3-5-7-18/h3-13,15,17H,2,14,16H2,1H3. The molecule has 4 rings (SSSR count). The van der Waals surface area contributed by atoms with Gasteiger partial charge in [0.05, 0.1) is 18.6 Å². The number of hydrogen-bond acceptors (Lipinski definition) is 3. The molecule has 5 heteroatoms. The number of benzene rings is 2. The van der Waals surface area contributed by atoms with Gasteiger partial charge >= 0.3 is 0 Å². The number of rotatable bonds is 7. The van der Waals surface area contributed by atoms with E-state index >= 15 is 0 Å². The van der Waals surface area contributed by atoms with Crippen molar-refractivity contribution in [2.75, 3.05) is 0 Å². The molecule has 0 fully saturated rings. The SMILES string of the molecule is CCc1nccn1Cc1cn(-c2ccc(OCc3ccccc3)cc2)cn1. The predicted octanol–water partition coefficient (Wildman–Crippen LogP) is 4.26. The molecule has 27 heavy (non-hydrogen) atoms. The van der Waals surface area contributed by atoms with Crippen LogP contribution in [0.25, 0.3) is 5.69 Å². The molecule has 0 amide bonds. The molecule has 0 aliphatic carbocycles. The first-order valence-corrected chi connectivity index (χ1v) is 9.12. The Kier molecular flexibility index (Phi) is 5.01. The van der Waals surface area contributed by atoms with Gasteiger partial charge in [0.15, 0.2) is 0 Å². The highest BCUT2D eigenvalue weighted by atomic mass is 16.5. The van der Waals surface area contributed by atoms with Gasteiger partial charge in [-0.25, -0.2) is 9.97 Å². The van der Waals surface area contributed by atoms with Crippen LogP contribution in [0.5, 0.6) is 5.75 Å². The largest absolute Gasteiger partial charge is 0.489 e. The second kappa shape index (κ2) is 7.91. The van der Waals surface area contributed by atoms with Gasteiger partial charge in [-0.05, 0) is 29.8 Å². The molecular weight excluding hydrogens is 336 g/mol. The highest BCUT2D eigenvalue weighted by Crippen LogP contribution is 2.17. The summed E-state index contributed by atoms with van der Waals surface area (Å²) in [5.41, 5.74) is 3.22. The summed E-state index contributed by atoms with van der Waals surface area (Å²) in [5, 5.41) is 0. The number of hydrogen-bond donors (Lipinski definition) is 0. The Hall–Kier alpha value is -3.34. The van der Waals surface area contributed by atoms with E-state index in [9.17, 15) is 0 Å². The molecule has 0 unspecified atom stereocenters. The van der Waals surface area contributed by atoms with E-state index in [2.05, 4.69) is 39.8 Å². The second-order valence-corrected chi connectivity index (χ2v) is 6.37. The molecule has 2 aromatic heterocycles. The fourth-order valence-corrected chi connectivity index (χ4v) is 3.01. The van der Waals surface area contributed by atoms with E-state index in [1.165, 1.54) is 0 Å². The molecule has 5 nitrogen and oxygen atoms in total. The lowest BCUT2D eigenvalue weighted by Crippen LogP contribution is -2.03. The third-order valence-corrected chi connectivity index (χ3v) is 4.47. The van der Waals surface area contributed by atoms with Crippen LogP contribution in [-0.4, -0.2) is 19.1 Å². The summed E-state index contributed by atoms with van der Waals surface area (Å²) < 4.78 is 10.0. The Balaban J connectivity index is 1.41. The highest BCUT2D eigenvalue weighted by molar-refractivity contribution is 5.38. The summed E-state index contributed by atoms with van der Waals surface area (Å²) in [7, 11) is 0. The third kappa shape index (κ3) is 4.08. The normalized spacial score (nSPS) is 10.9. The van der Waals surface area contributed by atoms with Crippen molar-refractivity contribution in [3.8, 4) is 11.4 Å². The minimum absolute atomic E-state index is 0.570. The van der Waals surface area contributed by atoms with Gasteiger partial charge < -0.3 is 13.9 Å². The molecule has 0 saturated carbocycles. The lowest BCUT2D eigenvalue weighted by Gasteiger charge is -2.08. The van der Waals surface area contributed by atoms with Gasteiger partial charge in [-0.2, -0.15) is 0 Å². The number of ether oxygens (including phenoxy) is 1. The summed E-state index contributed by atoms with van der Waals surface area (Å²) in [6.45, 7) is 3.41. The number of aromatic nitrogens is 4. The Labute approximate surface area is 158 Å². The van der Waals surface area contributed by atoms with E-state index in [0.29, 0.717) is 6.61 Å². The van der Waals surface area contributed by atoms with Gasteiger partial charge in [0.2, 0.25) is 0 Å². The highest BCUT2D eigenvalue weighted by Gasteiger charge is 2.05. The maximum Gasteiger partial charge on any atom is 0.119 e. The van der Waals surface area contributed by atoms with Crippen LogP contribution < -0.4 is 4.74 Å². The molecule has 2 heterocycles. The third-order valence-electron chi connectivity index (χ3n) is 4.47. The zero-order chi connectivity index (χ0) is 18.5. The van der Waals surface area contributed by atoms with Gasteiger partial charge in [-0.1, -0.05) is 37.3 Å². The monoisotopic (exact) mass is 358 g/mol. The van der Waals surface area contributed by atoms with Crippen molar-refractivity contribution in [3.63, 3.8) is 0 Å². The maximum absolute atomic E-state index is 5.85. The minimum atomic E-state index is 0.570. The zero-order valence-electron chi connectivity index (χ0n) is 15.3. The second-order valence-electron chi connectivity index (χ2n) is 6.37. The fraction of sp³-hybridized carbons (Fsp3) is 0.182. The van der Waals surface area contributed by atoms with Crippen molar-refractivity contribution in [1.29, 1.82) is 0 Å². The van der Waals surface area contributed by atoms with Crippen molar-refractivity contribution in [2.45, 2.75) is 26.5 Å². The smallest absolute Gasteiger partial charge is 0.119 e. The van der Waals surface area contributed by atoms with Crippen LogP contribution in [-0.2, 0) is 19.6 Å². The van der Waals surface area contributed by atoms with Crippen LogP contribution in [0.15, 0.2) is 79.5 Å². The topological polar surface area (TPSA) is 44.9 Å². The molecule has 0 spiro atoms. The van der Waals surface area contributed by atoms with Gasteiger partial charge in [0.1, 0.15) is 18.2 Å². The molecule has 0 bridgehead atoms. The first kappa shape index (κ1) is 17.1. The van der Waals surface area contributed by atoms with Crippen LogP contribution >= 0.6 is 0 Å². The Bertz CT molecular complexity index is 987. The van der Waals surface area contributed by atoms with E-state index in [1.807, 2.05) is 65.8 Å². The summed E-state index contributed by atoms with van der Waals surface area (Å²) in [5.74, 6) is 1.93. The fourth-order valence-electron chi connectivity index (χ4n) is 3.01. The summed E-state index contributed by atoms with van der Waals surface area (Å²) >= 11 is 0. The van der Waals surface area contributed by atoms with E-state index in [0.717, 1.165) is 41.5 Å². The molecule has 4 aromatic rings. The molecular formula is C22H22N4O. The van der Waals surface area contributed by atoms with Gasteiger partial charge in [0, 0.05) is 30.7 Å². The number of nitrogens with zero attached hydrogens (tertiary/aromatic N) is 4. The predicted molar refractivity (Wildman–Crippen MR) is 105 cm³/mol. The Morgan fingerprint density at radius 1 is 0.963 bits per heavy atom. The van der Waals surface area contributed by atoms with Crippen LogP contribution in [0.4, 0.5) is 0 Å². The lowest BCUT2D eigenvalue weighted by molar-refractivity contribution is 0.306. The molecule has 0 aliphatic heterocycles. The lowest BCUT2D eigenvalue weighted by atomic mass is 10.2. The van der Waals surface area contributed by atoms with E-state index in [1.54, 1.807) is 0 Å². The van der Waals surface area contributed by atoms with Gasteiger partial charge in [-0.3, -0.25) is 0 Å². The summed E-state index contributed by atoms with van der Waals surface area (Å²) in [6, 6.07) is 18.2. The number of imidazole rings is 2. The zero-order valence-corrected chi connectivity index (χ0v) is 15.3. The van der Waals surface area contributed by atoms with Crippen molar-refractivity contribution in [2.24, 2.45) is 0 Å². The Morgan fingerprint density at radius 2 is 1.78 bits per heavy atom. The molecule has 0 aliphatic rings. The average molecular weight is 358 g/mol. The summed E-state index contributed by atoms with van der Waals surface area (Å²) in [6.07, 6.45) is 8.65. The minimum Gasteiger partial charge on any atom is -0.489 e. The van der Waals surface area contributed by atoms with Crippen molar-refractivity contribution >= 4 is 0 Å². The molecule has 136 valence electrons. The molecule has 0 saturated heterocycles. The first-order valence-electron chi connectivity index (χ1n) is 9.12. The summed E-state index contributed by atoms with van der Waals surface area (Å²) in [4.78, 5) is 8.88. The first-order chi connectivity index (χ1) is 13.3. The van der Waals surface area contributed by atoms with Crippen molar-refractivity contribution in [1.82, 2.24) is 19.1 Å². The Morgan fingerprint density at radius 3 is 2.56 bits per heavy atom. The molecule has 2 aromatic carbocycles. The van der Waals surface area contributed by atoms with Crippen molar-refractivity contribution < 1.29 is 4.74 Å². The van der Waals surface area contributed by atoms with Gasteiger partial charge in [-0.15, -0.1) is 0 Å². The van der Waals surface area contributed by atoms with E-state index < -0.39 is 0 Å². The van der Waals surface area contributed by atoms with E-state index in [-0.39, 0.29) is 0 Å². The molecule has 0 N–H and O–H groups in total. The van der Waals surface area contributed by atoms with Crippen molar-refractivity contribution in [3.05, 3.63) is 96.6 Å². The van der Waals surface area contributed by atoms with E-state index in [4.69, 9.17) is 4.74 Å². The number of aryl methyl sites for hydroxylation is 1. The van der Waals surface area contributed by atoms with Gasteiger partial charge in [0.25, 0.3) is 0 Å². The van der Waals surface area contributed by atoms with Crippen LogP contribution in [0.3, 0.4) is 0 Å². The quantitative estimate of drug-likeness (QED) is 0.496. The van der Waals surface area contributed by atoms with Crippen LogP contribution in [0.1, 0.15) is 24.0 Å². The average Bonchev–Trinajstić information content (AvgIpc) is 3.37. The van der Waals surface area contributed by atoms with Crippen LogP contribution in [0, 0.1) is 0 Å². The molecule has 0 atom stereocenters. The maximum atomic E-state index is 5.85.